The van der Waals surface area contributed by atoms with Crippen molar-refractivity contribution in [1.82, 2.24) is 0 Å². The van der Waals surface area contributed by atoms with Crippen molar-refractivity contribution in [2.45, 2.75) is 32.4 Å². The normalized spacial score (nSPS) is 28.8. The molecule has 17 heavy (non-hydrogen) atoms. The van der Waals surface area contributed by atoms with Gasteiger partial charge in [0.05, 0.1) is 21.3 Å². The Morgan fingerprint density at radius 2 is 2.24 bits per heavy atom. The third kappa shape index (κ3) is 2.30. The summed E-state index contributed by atoms with van der Waals surface area (Å²) in [5.41, 5.74) is 1.14. The van der Waals surface area contributed by atoms with Crippen LogP contribution in [0.1, 0.15) is 6.42 Å². The van der Waals surface area contributed by atoms with Gasteiger partial charge in [-0.2, -0.15) is 0 Å². The molecule has 1 fully saturated rings. The molecule has 0 aromatic heterocycles. The molecule has 1 saturated heterocycles. The molecule has 0 spiro atoms. The van der Waals surface area contributed by atoms with Crippen molar-refractivity contribution in [3.63, 3.8) is 0 Å². The van der Waals surface area contributed by atoms with Gasteiger partial charge in [-0.05, 0) is 10.8 Å². The van der Waals surface area contributed by atoms with Gasteiger partial charge in [-0.15, -0.1) is 6.58 Å². The van der Waals surface area contributed by atoms with Gasteiger partial charge >= 0.3 is 0 Å². The molecule has 2 atom stereocenters. The lowest BCUT2D eigenvalue weighted by Gasteiger charge is -2.21. The van der Waals surface area contributed by atoms with E-state index in [2.05, 4.69) is 26.2 Å². The first-order chi connectivity index (χ1) is 7.95. The minimum atomic E-state index is -1.61. The molecule has 0 unspecified atom stereocenters. The average molecular weight is 252 g/mol. The van der Waals surface area contributed by atoms with Gasteiger partial charge < -0.3 is 9.47 Å². The van der Waals surface area contributed by atoms with Crippen LogP contribution >= 0.6 is 0 Å². The van der Waals surface area contributed by atoms with Gasteiger partial charge in [0.1, 0.15) is 0 Å². The standard InChI is InChI=1S/C13H20O3Si/c1-5-6-15-13-11-9(8-16-13)7-10(14)12(11)17(2,3)4/h5,9,13H,1,6-8H2,2-4H3/t9-,13-/m1/s1. The first-order valence-corrected chi connectivity index (χ1v) is 9.57. The summed E-state index contributed by atoms with van der Waals surface area (Å²) < 4.78 is 11.2. The van der Waals surface area contributed by atoms with Crippen LogP contribution in [0.2, 0.25) is 19.6 Å². The summed E-state index contributed by atoms with van der Waals surface area (Å²) in [4.78, 5) is 12.1. The number of ether oxygens (including phenoxy) is 2. The van der Waals surface area contributed by atoms with Crippen molar-refractivity contribution in [2.24, 2.45) is 5.92 Å². The third-order valence-electron chi connectivity index (χ3n) is 3.26. The molecule has 1 aliphatic heterocycles. The van der Waals surface area contributed by atoms with Gasteiger partial charge in [0, 0.05) is 12.3 Å². The molecule has 0 aromatic rings. The highest BCUT2D eigenvalue weighted by Gasteiger charge is 2.45. The van der Waals surface area contributed by atoms with Crippen molar-refractivity contribution in [3.8, 4) is 0 Å². The van der Waals surface area contributed by atoms with E-state index in [1.54, 1.807) is 6.08 Å². The first-order valence-electron chi connectivity index (χ1n) is 6.07. The van der Waals surface area contributed by atoms with Crippen LogP contribution in [-0.2, 0) is 14.3 Å². The van der Waals surface area contributed by atoms with E-state index in [1.165, 1.54) is 0 Å². The fraction of sp³-hybridized carbons (Fsp3) is 0.615. The Bertz CT molecular complexity index is 379. The highest BCUT2D eigenvalue weighted by molar-refractivity contribution is 6.87. The largest absolute Gasteiger partial charge is 0.348 e. The first kappa shape index (κ1) is 12.7. The fourth-order valence-electron chi connectivity index (χ4n) is 2.70. The Kier molecular flexibility index (Phi) is 3.38. The maximum Gasteiger partial charge on any atom is 0.180 e. The van der Waals surface area contributed by atoms with Crippen molar-refractivity contribution < 1.29 is 14.3 Å². The van der Waals surface area contributed by atoms with Crippen LogP contribution in [0.4, 0.5) is 0 Å². The van der Waals surface area contributed by atoms with Crippen molar-refractivity contribution in [1.29, 1.82) is 0 Å². The lowest BCUT2D eigenvalue weighted by molar-refractivity contribution is -0.116. The number of carbonyl (C=O) groups is 1. The average Bonchev–Trinajstić information content (AvgIpc) is 2.71. The summed E-state index contributed by atoms with van der Waals surface area (Å²) in [7, 11) is -1.61. The third-order valence-corrected chi connectivity index (χ3v) is 5.32. The van der Waals surface area contributed by atoms with E-state index in [9.17, 15) is 4.79 Å². The highest BCUT2D eigenvalue weighted by atomic mass is 28.3. The summed E-state index contributed by atoms with van der Waals surface area (Å²) in [5, 5.41) is 1.05. The predicted octanol–water partition coefficient (Wildman–Crippen LogP) is 2.31. The second kappa shape index (κ2) is 4.52. The van der Waals surface area contributed by atoms with Crippen molar-refractivity contribution in [2.75, 3.05) is 13.2 Å². The molecule has 3 nitrogen and oxygen atoms in total. The van der Waals surface area contributed by atoms with Gasteiger partial charge in [-0.3, -0.25) is 4.79 Å². The predicted molar refractivity (Wildman–Crippen MR) is 69.4 cm³/mol. The summed E-state index contributed by atoms with van der Waals surface area (Å²) in [6.07, 6.45) is 2.01. The molecule has 4 heteroatoms. The Morgan fingerprint density at radius 3 is 2.82 bits per heavy atom. The number of fused-ring (bicyclic) bond motifs is 1. The fourth-order valence-corrected chi connectivity index (χ4v) is 4.82. The zero-order valence-corrected chi connectivity index (χ0v) is 11.8. The molecule has 0 saturated carbocycles. The smallest absolute Gasteiger partial charge is 0.180 e. The molecule has 1 heterocycles. The SMILES string of the molecule is C=CCO[C@@H]1OC[C@H]2CC(=O)C([Si](C)(C)C)=C21. The van der Waals surface area contributed by atoms with Gasteiger partial charge in [0.2, 0.25) is 0 Å². The minimum absolute atomic E-state index is 0.263. The summed E-state index contributed by atoms with van der Waals surface area (Å²) in [5.74, 6) is 0.582. The van der Waals surface area contributed by atoms with E-state index in [0.717, 1.165) is 10.8 Å². The molecule has 0 amide bonds. The lowest BCUT2D eigenvalue weighted by Crippen LogP contribution is -2.30. The van der Waals surface area contributed by atoms with E-state index in [-0.39, 0.29) is 12.2 Å². The molecule has 1 aliphatic carbocycles. The van der Waals surface area contributed by atoms with E-state index in [0.29, 0.717) is 25.4 Å². The Labute approximate surface area is 103 Å². The second-order valence-electron chi connectivity index (χ2n) is 5.69. The van der Waals surface area contributed by atoms with E-state index < -0.39 is 8.07 Å². The van der Waals surface area contributed by atoms with Gasteiger partial charge in [0.15, 0.2) is 12.1 Å². The van der Waals surface area contributed by atoms with Crippen LogP contribution in [0.5, 0.6) is 0 Å². The summed E-state index contributed by atoms with van der Waals surface area (Å²) in [6, 6.07) is 0. The number of allylic oxidation sites excluding steroid dienone is 1. The number of ketones is 1. The maximum absolute atomic E-state index is 12.1. The molecular formula is C13H20O3Si. The number of carbonyl (C=O) groups excluding carboxylic acids is 1. The molecule has 0 aromatic carbocycles. The van der Waals surface area contributed by atoms with E-state index >= 15 is 0 Å². The minimum Gasteiger partial charge on any atom is -0.348 e. The molecule has 2 rings (SSSR count). The van der Waals surface area contributed by atoms with E-state index in [4.69, 9.17) is 9.47 Å². The maximum atomic E-state index is 12.1. The van der Waals surface area contributed by atoms with Crippen LogP contribution < -0.4 is 0 Å². The lowest BCUT2D eigenvalue weighted by atomic mass is 10.1. The zero-order valence-electron chi connectivity index (χ0n) is 10.8. The van der Waals surface area contributed by atoms with Gasteiger partial charge in [-0.1, -0.05) is 25.7 Å². The van der Waals surface area contributed by atoms with Crippen LogP contribution in [0, 0.1) is 5.92 Å². The molecule has 2 aliphatic rings. The second-order valence-corrected chi connectivity index (χ2v) is 10.7. The molecule has 0 radical (unpaired) electrons. The highest BCUT2D eigenvalue weighted by Crippen LogP contribution is 2.42. The van der Waals surface area contributed by atoms with Crippen LogP contribution in [-0.4, -0.2) is 33.4 Å². The topological polar surface area (TPSA) is 35.5 Å². The number of rotatable bonds is 4. The quantitative estimate of drug-likeness (QED) is 0.569. The Balaban J connectivity index is 2.32. The van der Waals surface area contributed by atoms with E-state index in [1.807, 2.05) is 0 Å². The van der Waals surface area contributed by atoms with Crippen LogP contribution in [0.25, 0.3) is 0 Å². The molecule has 0 N–H and O–H groups in total. The Hall–Kier alpha value is -0.713. The monoisotopic (exact) mass is 252 g/mol. The van der Waals surface area contributed by atoms with Crippen molar-refractivity contribution >= 4 is 13.9 Å². The van der Waals surface area contributed by atoms with Crippen LogP contribution in [0.3, 0.4) is 0 Å². The van der Waals surface area contributed by atoms with Gasteiger partial charge in [0.25, 0.3) is 0 Å². The Morgan fingerprint density at radius 1 is 1.53 bits per heavy atom. The van der Waals surface area contributed by atoms with Crippen LogP contribution in [0.15, 0.2) is 23.4 Å². The van der Waals surface area contributed by atoms with Crippen molar-refractivity contribution in [3.05, 3.63) is 23.4 Å². The molecule has 0 bridgehead atoms. The number of hydrogen-bond acceptors (Lipinski definition) is 3. The molecular weight excluding hydrogens is 232 g/mol. The summed E-state index contributed by atoms with van der Waals surface area (Å²) >= 11 is 0. The summed E-state index contributed by atoms with van der Waals surface area (Å²) in [6.45, 7) is 11.3. The number of Topliss-reactive ketones (excluding diaryl/α,β-unsaturated/α-hetero) is 1. The van der Waals surface area contributed by atoms with Gasteiger partial charge in [-0.25, -0.2) is 0 Å². The zero-order chi connectivity index (χ0) is 12.6. The molecule has 94 valence electrons. The number of hydrogen-bond donors (Lipinski definition) is 0.